The Bertz CT molecular complexity index is 746. The van der Waals surface area contributed by atoms with Crippen LogP contribution in [0.1, 0.15) is 24.3 Å². The van der Waals surface area contributed by atoms with Crippen molar-refractivity contribution in [1.82, 2.24) is 0 Å². The molecule has 1 aliphatic carbocycles. The zero-order valence-corrected chi connectivity index (χ0v) is 13.8. The lowest BCUT2D eigenvalue weighted by molar-refractivity contribution is -0.153. The van der Waals surface area contributed by atoms with Gasteiger partial charge in [0.1, 0.15) is 10.8 Å². The Morgan fingerprint density at radius 3 is 2.50 bits per heavy atom. The predicted molar refractivity (Wildman–Crippen MR) is 87.6 cm³/mol. The highest BCUT2D eigenvalue weighted by Gasteiger charge is 2.33. The van der Waals surface area contributed by atoms with E-state index >= 15 is 0 Å². The third-order valence-electron chi connectivity index (χ3n) is 3.94. The molecule has 0 N–H and O–H groups in total. The molecule has 0 bridgehead atoms. The first-order chi connectivity index (χ1) is 11.3. The number of rotatable bonds is 3. The van der Waals surface area contributed by atoms with Crippen LogP contribution in [0.4, 0.5) is 13.2 Å². The van der Waals surface area contributed by atoms with E-state index in [2.05, 4.69) is 11.1 Å². The summed E-state index contributed by atoms with van der Waals surface area (Å²) in [5, 5.41) is 0.604. The third kappa shape index (κ3) is 3.61. The van der Waals surface area contributed by atoms with E-state index in [0.717, 1.165) is 29.7 Å². The molecule has 0 aromatic heterocycles. The van der Waals surface area contributed by atoms with Gasteiger partial charge in [0.25, 0.3) is 0 Å². The first-order valence-corrected chi connectivity index (χ1v) is 8.99. The van der Waals surface area contributed by atoms with Gasteiger partial charge in [-0.15, -0.1) is 0 Å². The summed E-state index contributed by atoms with van der Waals surface area (Å²) in [5.74, 6) is -0.0182. The van der Waals surface area contributed by atoms with Crippen molar-refractivity contribution in [1.29, 1.82) is 0 Å². The average Bonchev–Trinajstić information content (AvgIpc) is 2.92. The summed E-state index contributed by atoms with van der Waals surface area (Å²) < 4.78 is 53.4. The molecule has 0 spiro atoms. The van der Waals surface area contributed by atoms with Gasteiger partial charge >= 0.3 is 6.18 Å². The van der Waals surface area contributed by atoms with Gasteiger partial charge in [0.05, 0.1) is 16.7 Å². The standard InChI is InChI=1S/C17H16F3NO2S/c1-24(22)16-15(13-4-2-3-5-14(13)21-16)11-6-8-12(9-7-11)23-10-17(18,19)20/h2-3,6-9,15H,4-5,10H2,1H3. The van der Waals surface area contributed by atoms with E-state index in [1.54, 1.807) is 18.4 Å². The van der Waals surface area contributed by atoms with Gasteiger partial charge < -0.3 is 4.74 Å². The van der Waals surface area contributed by atoms with Gasteiger partial charge in [0.15, 0.2) is 6.61 Å². The molecule has 1 aromatic rings. The number of nitrogens with zero attached hydrogens (tertiary/aromatic N) is 1. The molecular formula is C17H16F3NO2S. The summed E-state index contributed by atoms with van der Waals surface area (Å²) in [4.78, 5) is 4.52. The van der Waals surface area contributed by atoms with Crippen molar-refractivity contribution >= 4 is 15.8 Å². The van der Waals surface area contributed by atoms with Crippen LogP contribution >= 0.6 is 0 Å². The zero-order valence-electron chi connectivity index (χ0n) is 13.0. The van der Waals surface area contributed by atoms with Crippen molar-refractivity contribution in [3.05, 3.63) is 53.3 Å². The van der Waals surface area contributed by atoms with E-state index in [-0.39, 0.29) is 11.7 Å². The average molecular weight is 355 g/mol. The topological polar surface area (TPSA) is 38.7 Å². The molecule has 2 atom stereocenters. The fraction of sp³-hybridized carbons (Fsp3) is 0.353. The second-order valence-electron chi connectivity index (χ2n) is 5.66. The largest absolute Gasteiger partial charge is 0.484 e. The van der Waals surface area contributed by atoms with Gasteiger partial charge in [-0.1, -0.05) is 24.3 Å². The maximum Gasteiger partial charge on any atom is 0.422 e. The Morgan fingerprint density at radius 2 is 1.88 bits per heavy atom. The number of hydrogen-bond donors (Lipinski definition) is 0. The van der Waals surface area contributed by atoms with Gasteiger partial charge in [-0.2, -0.15) is 13.2 Å². The van der Waals surface area contributed by atoms with Crippen molar-refractivity contribution in [3.63, 3.8) is 0 Å². The number of aliphatic imine (C=N–C) groups is 1. The van der Waals surface area contributed by atoms with E-state index in [0.29, 0.717) is 5.04 Å². The first kappa shape index (κ1) is 17.0. The molecule has 128 valence electrons. The molecule has 0 fully saturated rings. The quantitative estimate of drug-likeness (QED) is 0.766. The molecule has 7 heteroatoms. The van der Waals surface area contributed by atoms with Crippen LogP contribution in [0, 0.1) is 0 Å². The Morgan fingerprint density at radius 1 is 1.21 bits per heavy atom. The number of ether oxygens (including phenoxy) is 1. The summed E-state index contributed by atoms with van der Waals surface area (Å²) in [6, 6.07) is 6.45. The summed E-state index contributed by atoms with van der Waals surface area (Å²) in [7, 11) is -1.21. The normalized spacial score (nSPS) is 21.5. The van der Waals surface area contributed by atoms with Gasteiger partial charge in [0, 0.05) is 18.4 Å². The van der Waals surface area contributed by atoms with Gasteiger partial charge in [-0.05, 0) is 29.7 Å². The summed E-state index contributed by atoms with van der Waals surface area (Å²) in [6.45, 7) is -1.32. The highest BCUT2D eigenvalue weighted by molar-refractivity contribution is 8.00. The van der Waals surface area contributed by atoms with Crippen LogP contribution in [0.3, 0.4) is 0 Å². The number of alkyl halides is 3. The van der Waals surface area contributed by atoms with Gasteiger partial charge in [-0.3, -0.25) is 4.21 Å². The minimum absolute atomic E-state index is 0.155. The monoisotopic (exact) mass is 355 g/mol. The molecular weight excluding hydrogens is 339 g/mol. The van der Waals surface area contributed by atoms with Crippen LogP contribution in [0.15, 0.2) is 52.7 Å². The minimum atomic E-state index is -4.36. The number of hydrogen-bond acceptors (Lipinski definition) is 3. The maximum absolute atomic E-state index is 12.2. The number of allylic oxidation sites excluding steroid dienone is 3. The minimum Gasteiger partial charge on any atom is -0.484 e. The van der Waals surface area contributed by atoms with E-state index in [4.69, 9.17) is 4.74 Å². The van der Waals surface area contributed by atoms with Crippen LogP contribution in [-0.4, -0.2) is 28.3 Å². The van der Waals surface area contributed by atoms with Crippen LogP contribution in [0.25, 0.3) is 0 Å². The molecule has 3 nitrogen and oxygen atoms in total. The Hall–Kier alpha value is -1.89. The molecule has 1 aromatic carbocycles. The smallest absolute Gasteiger partial charge is 0.422 e. The second-order valence-corrected chi connectivity index (χ2v) is 6.99. The van der Waals surface area contributed by atoms with Crippen molar-refractivity contribution in [2.24, 2.45) is 4.99 Å². The summed E-state index contributed by atoms with van der Waals surface area (Å²) in [5.41, 5.74) is 2.93. The molecule has 1 heterocycles. The highest BCUT2D eigenvalue weighted by atomic mass is 32.2. The highest BCUT2D eigenvalue weighted by Crippen LogP contribution is 2.41. The molecule has 2 aliphatic rings. The lowest BCUT2D eigenvalue weighted by atomic mass is 9.88. The first-order valence-electron chi connectivity index (χ1n) is 7.43. The van der Waals surface area contributed by atoms with Crippen LogP contribution in [0.2, 0.25) is 0 Å². The molecule has 0 radical (unpaired) electrons. The van der Waals surface area contributed by atoms with Crippen molar-refractivity contribution < 1.29 is 22.1 Å². The number of halogens is 3. The lowest BCUT2D eigenvalue weighted by Crippen LogP contribution is -2.19. The van der Waals surface area contributed by atoms with Gasteiger partial charge in [-0.25, -0.2) is 4.99 Å². The van der Waals surface area contributed by atoms with E-state index in [1.807, 2.05) is 6.08 Å². The maximum atomic E-state index is 12.2. The molecule has 0 saturated heterocycles. The lowest BCUT2D eigenvalue weighted by Gasteiger charge is -2.18. The van der Waals surface area contributed by atoms with Crippen LogP contribution in [0.5, 0.6) is 5.75 Å². The van der Waals surface area contributed by atoms with Gasteiger partial charge in [0.2, 0.25) is 0 Å². The SMILES string of the molecule is CS(=O)C1=NC2=C(CC=CC2)C1c1ccc(OCC(F)(F)F)cc1. The Labute approximate surface area is 140 Å². The molecule has 2 unspecified atom stereocenters. The fourth-order valence-electron chi connectivity index (χ4n) is 2.90. The Balaban J connectivity index is 1.83. The fourth-order valence-corrected chi connectivity index (χ4v) is 3.75. The molecule has 0 saturated carbocycles. The zero-order chi connectivity index (χ0) is 17.3. The van der Waals surface area contributed by atoms with Crippen LogP contribution in [-0.2, 0) is 10.8 Å². The van der Waals surface area contributed by atoms with E-state index < -0.39 is 23.6 Å². The molecule has 24 heavy (non-hydrogen) atoms. The van der Waals surface area contributed by atoms with Crippen molar-refractivity contribution in [2.75, 3.05) is 12.9 Å². The van der Waals surface area contributed by atoms with E-state index in [1.165, 1.54) is 12.1 Å². The number of benzene rings is 1. The van der Waals surface area contributed by atoms with E-state index in [9.17, 15) is 17.4 Å². The second kappa shape index (κ2) is 6.55. The van der Waals surface area contributed by atoms with Crippen molar-refractivity contribution in [3.8, 4) is 5.75 Å². The van der Waals surface area contributed by atoms with Crippen molar-refractivity contribution in [2.45, 2.75) is 24.9 Å². The Kier molecular flexibility index (Phi) is 4.62. The molecule has 3 rings (SSSR count). The summed E-state index contributed by atoms with van der Waals surface area (Å²) >= 11 is 0. The molecule has 0 amide bonds. The summed E-state index contributed by atoms with van der Waals surface area (Å²) in [6.07, 6.45) is 2.80. The molecule has 1 aliphatic heterocycles. The predicted octanol–water partition coefficient (Wildman–Crippen LogP) is 4.11. The van der Waals surface area contributed by atoms with Crippen LogP contribution < -0.4 is 4.74 Å². The third-order valence-corrected chi connectivity index (χ3v) is 4.85.